The molecule has 12 heteroatoms. The first-order chi connectivity index (χ1) is 16.5. The molecule has 1 aliphatic heterocycles. The molecule has 4 N–H and O–H groups in total. The highest BCUT2D eigenvalue weighted by Gasteiger charge is 2.22. The normalized spacial score (nSPS) is 13.2. The minimum Gasteiger partial charge on any atom is -0.486 e. The summed E-state index contributed by atoms with van der Waals surface area (Å²) >= 11 is 1.41. The molecule has 0 spiro atoms. The van der Waals surface area contributed by atoms with Crippen LogP contribution in [0.25, 0.3) is 22.4 Å². The van der Waals surface area contributed by atoms with E-state index in [1.165, 1.54) is 11.8 Å². The minimum absolute atomic E-state index is 0.00735. The van der Waals surface area contributed by atoms with Gasteiger partial charge < -0.3 is 25.1 Å². The molecule has 0 saturated carbocycles. The van der Waals surface area contributed by atoms with Crippen LogP contribution in [0.2, 0.25) is 0 Å². The van der Waals surface area contributed by atoms with Crippen LogP contribution in [-0.4, -0.2) is 56.0 Å². The third-order valence-corrected chi connectivity index (χ3v) is 6.30. The highest BCUT2D eigenvalue weighted by atomic mass is 32.2. The van der Waals surface area contributed by atoms with Crippen molar-refractivity contribution in [3.63, 3.8) is 0 Å². The number of hydrogen-bond donors (Lipinski definition) is 3. The number of H-pyrrole nitrogens is 1. The zero-order valence-electron chi connectivity index (χ0n) is 18.8. The average molecular weight is 485 g/mol. The summed E-state index contributed by atoms with van der Waals surface area (Å²) in [6.45, 7) is 7.31. The Balaban J connectivity index is 1.57. The molecule has 0 bridgehead atoms. The van der Waals surface area contributed by atoms with Gasteiger partial charge in [0.15, 0.2) is 33.6 Å². The van der Waals surface area contributed by atoms with E-state index < -0.39 is 6.08 Å². The van der Waals surface area contributed by atoms with Gasteiger partial charge in [-0.2, -0.15) is 19.5 Å². The van der Waals surface area contributed by atoms with Crippen molar-refractivity contribution in [3.05, 3.63) is 30.5 Å². The highest BCUT2D eigenvalue weighted by Crippen LogP contribution is 2.43. The topological polar surface area (TPSA) is 129 Å². The molecule has 3 aromatic heterocycles. The van der Waals surface area contributed by atoms with Crippen LogP contribution in [0.1, 0.15) is 13.8 Å². The quantitative estimate of drug-likeness (QED) is 0.255. The number of hydrogen-bond acceptors (Lipinski definition) is 9. The number of nitrogens with one attached hydrogen (secondary N) is 2. The number of nitrogens with zero attached hydrogens (tertiary/aromatic N) is 5. The van der Waals surface area contributed by atoms with Crippen LogP contribution in [0.15, 0.2) is 34.4 Å². The molecule has 0 amide bonds. The number of fused-ring (bicyclic) bond motifs is 2. The Kier molecular flexibility index (Phi) is 6.24. The SMILES string of the molecule is CC(C)CNCCn1c(Sc2cc3c(cc2-c2cc[nH]n2)OCCO3)nc2c(N)nc(F)nc21. The van der Waals surface area contributed by atoms with Crippen molar-refractivity contribution in [2.24, 2.45) is 5.92 Å². The number of anilines is 1. The van der Waals surface area contributed by atoms with Gasteiger partial charge in [-0.25, -0.2) is 4.98 Å². The average Bonchev–Trinajstić information content (AvgIpc) is 3.45. The highest BCUT2D eigenvalue weighted by molar-refractivity contribution is 7.99. The molecule has 0 atom stereocenters. The summed E-state index contributed by atoms with van der Waals surface area (Å²) in [5.41, 5.74) is 8.32. The summed E-state index contributed by atoms with van der Waals surface area (Å²) in [7, 11) is 0. The van der Waals surface area contributed by atoms with Crippen molar-refractivity contribution < 1.29 is 13.9 Å². The molecule has 0 saturated heterocycles. The van der Waals surface area contributed by atoms with Gasteiger partial charge in [-0.15, -0.1) is 0 Å². The van der Waals surface area contributed by atoms with Gasteiger partial charge in [0.1, 0.15) is 13.2 Å². The maximum Gasteiger partial charge on any atom is 0.312 e. The third-order valence-electron chi connectivity index (χ3n) is 5.25. The van der Waals surface area contributed by atoms with Crippen LogP contribution in [0.5, 0.6) is 11.5 Å². The third kappa shape index (κ3) is 4.50. The molecular formula is C22H25FN8O2S. The van der Waals surface area contributed by atoms with Crippen molar-refractivity contribution >= 4 is 28.7 Å². The number of imidazole rings is 1. The summed E-state index contributed by atoms with van der Waals surface area (Å²) in [5.74, 6) is 1.84. The molecule has 178 valence electrons. The van der Waals surface area contributed by atoms with Gasteiger partial charge >= 0.3 is 6.08 Å². The lowest BCUT2D eigenvalue weighted by Crippen LogP contribution is -2.24. The van der Waals surface area contributed by atoms with Gasteiger partial charge in [0.05, 0.1) is 5.69 Å². The number of rotatable bonds is 8. The molecule has 34 heavy (non-hydrogen) atoms. The Labute approximate surface area is 199 Å². The first-order valence-electron chi connectivity index (χ1n) is 11.0. The van der Waals surface area contributed by atoms with Crippen LogP contribution < -0.4 is 20.5 Å². The molecule has 1 aliphatic rings. The van der Waals surface area contributed by atoms with E-state index in [0.29, 0.717) is 60.0 Å². The van der Waals surface area contributed by atoms with Crippen LogP contribution in [-0.2, 0) is 6.54 Å². The molecule has 0 aliphatic carbocycles. The van der Waals surface area contributed by atoms with Gasteiger partial charge in [-0.05, 0) is 30.7 Å². The van der Waals surface area contributed by atoms with Crippen molar-refractivity contribution in [1.82, 2.24) is 35.0 Å². The van der Waals surface area contributed by atoms with Gasteiger partial charge in [-0.1, -0.05) is 25.6 Å². The summed E-state index contributed by atoms with van der Waals surface area (Å²) in [4.78, 5) is 13.2. The van der Waals surface area contributed by atoms with Crippen LogP contribution in [0, 0.1) is 12.0 Å². The zero-order valence-corrected chi connectivity index (χ0v) is 19.7. The van der Waals surface area contributed by atoms with Crippen LogP contribution in [0.4, 0.5) is 10.2 Å². The van der Waals surface area contributed by atoms with Gasteiger partial charge in [-0.3, -0.25) is 5.10 Å². The van der Waals surface area contributed by atoms with Gasteiger partial charge in [0, 0.05) is 29.7 Å². The Bertz CT molecular complexity index is 1310. The predicted octanol–water partition coefficient (Wildman–Crippen LogP) is 3.11. The molecule has 1 aromatic carbocycles. The molecule has 0 fully saturated rings. The lowest BCUT2D eigenvalue weighted by atomic mass is 10.1. The van der Waals surface area contributed by atoms with E-state index in [2.05, 4.69) is 44.3 Å². The smallest absolute Gasteiger partial charge is 0.312 e. The molecule has 0 radical (unpaired) electrons. The number of halogens is 1. The number of aromatic amines is 1. The first-order valence-corrected chi connectivity index (χ1v) is 11.8. The number of ether oxygens (including phenoxy) is 2. The molecule has 5 rings (SSSR count). The second-order valence-corrected chi connectivity index (χ2v) is 9.26. The fraction of sp³-hybridized carbons (Fsp3) is 0.364. The van der Waals surface area contributed by atoms with E-state index >= 15 is 0 Å². The van der Waals surface area contributed by atoms with E-state index in [1.807, 2.05) is 22.8 Å². The Hall–Kier alpha value is -3.38. The maximum atomic E-state index is 14.0. The van der Waals surface area contributed by atoms with E-state index in [1.54, 1.807) is 6.20 Å². The summed E-state index contributed by atoms with van der Waals surface area (Å²) < 4.78 is 27.5. The van der Waals surface area contributed by atoms with E-state index in [4.69, 9.17) is 15.2 Å². The number of benzene rings is 1. The largest absolute Gasteiger partial charge is 0.486 e. The summed E-state index contributed by atoms with van der Waals surface area (Å²) in [6, 6.07) is 5.71. The monoisotopic (exact) mass is 484 g/mol. The zero-order chi connectivity index (χ0) is 23.7. The van der Waals surface area contributed by atoms with E-state index in [9.17, 15) is 4.39 Å². The maximum absolute atomic E-state index is 14.0. The summed E-state index contributed by atoms with van der Waals surface area (Å²) in [6.07, 6.45) is 0.879. The molecule has 4 heterocycles. The fourth-order valence-corrected chi connectivity index (χ4v) is 4.76. The molecule has 10 nitrogen and oxygen atoms in total. The second-order valence-electron chi connectivity index (χ2n) is 8.25. The Morgan fingerprint density at radius 3 is 2.74 bits per heavy atom. The lowest BCUT2D eigenvalue weighted by Gasteiger charge is -2.20. The molecular weight excluding hydrogens is 459 g/mol. The van der Waals surface area contributed by atoms with Crippen molar-refractivity contribution in [2.75, 3.05) is 32.0 Å². The first kappa shape index (κ1) is 22.4. The predicted molar refractivity (Wildman–Crippen MR) is 127 cm³/mol. The Morgan fingerprint density at radius 1 is 1.21 bits per heavy atom. The minimum atomic E-state index is -0.880. The molecule has 4 aromatic rings. The standard InChI is InChI=1S/C22H25FN8O2S/c1-12(2)11-25-5-6-31-20-18(19(24)28-21(23)29-20)27-22(31)34-17-10-16-15(32-7-8-33-16)9-13(17)14-3-4-26-30-14/h3-4,9-10,12,25H,5-8,11H2,1-2H3,(H,26,30)(H2,24,28,29). The van der Waals surface area contributed by atoms with E-state index in [-0.39, 0.29) is 5.82 Å². The number of nitrogens with two attached hydrogens (primary N) is 1. The summed E-state index contributed by atoms with van der Waals surface area (Å²) in [5, 5.41) is 11.2. The van der Waals surface area contributed by atoms with Crippen molar-refractivity contribution in [1.29, 1.82) is 0 Å². The Morgan fingerprint density at radius 2 is 2.00 bits per heavy atom. The van der Waals surface area contributed by atoms with Crippen LogP contribution in [0.3, 0.4) is 0 Å². The number of aromatic nitrogens is 6. The van der Waals surface area contributed by atoms with E-state index in [0.717, 1.165) is 22.7 Å². The fourth-order valence-electron chi connectivity index (χ4n) is 3.70. The van der Waals surface area contributed by atoms with Crippen molar-refractivity contribution in [3.8, 4) is 22.8 Å². The number of nitrogen functional groups attached to an aromatic ring is 1. The van der Waals surface area contributed by atoms with Gasteiger partial charge in [0.2, 0.25) is 0 Å². The molecule has 0 unspecified atom stereocenters. The second kappa shape index (κ2) is 9.47. The lowest BCUT2D eigenvalue weighted by molar-refractivity contribution is 0.171. The van der Waals surface area contributed by atoms with Crippen molar-refractivity contribution in [2.45, 2.75) is 30.4 Å². The van der Waals surface area contributed by atoms with Gasteiger partial charge in [0.25, 0.3) is 0 Å². The van der Waals surface area contributed by atoms with Crippen LogP contribution >= 0.6 is 11.8 Å².